The number of halogens is 1. The standard InChI is InChI=1S/C12H17BrNO5P/c1-10(15)14(7-2-8-20(16,17)18)19-9-11-3-5-12(13)6-4-11/h3-6H,2,7-9H2,1H3,(H2,16,17,18). The first kappa shape index (κ1) is 17.3. The van der Waals surface area contributed by atoms with Crippen LogP contribution in [0.3, 0.4) is 0 Å². The summed E-state index contributed by atoms with van der Waals surface area (Å²) < 4.78 is 11.7. The van der Waals surface area contributed by atoms with E-state index in [-0.39, 0.29) is 31.6 Å². The number of hydrogen-bond acceptors (Lipinski definition) is 3. The second-order valence-corrected chi connectivity index (χ2v) is 6.96. The Kier molecular flexibility index (Phi) is 6.85. The van der Waals surface area contributed by atoms with Crippen LogP contribution in [-0.4, -0.2) is 33.5 Å². The van der Waals surface area contributed by atoms with Crippen LogP contribution in [0.5, 0.6) is 0 Å². The third-order valence-corrected chi connectivity index (χ3v) is 3.89. The van der Waals surface area contributed by atoms with E-state index in [0.717, 1.165) is 15.1 Å². The van der Waals surface area contributed by atoms with Crippen molar-refractivity contribution in [2.24, 2.45) is 0 Å². The van der Waals surface area contributed by atoms with Gasteiger partial charge in [-0.1, -0.05) is 28.1 Å². The van der Waals surface area contributed by atoms with Crippen molar-refractivity contribution in [1.82, 2.24) is 5.06 Å². The lowest BCUT2D eigenvalue weighted by Crippen LogP contribution is -2.30. The first-order valence-electron chi connectivity index (χ1n) is 5.98. The fourth-order valence-corrected chi connectivity index (χ4v) is 2.28. The molecular weight excluding hydrogens is 349 g/mol. The summed E-state index contributed by atoms with van der Waals surface area (Å²) in [5.41, 5.74) is 0.898. The molecule has 1 aromatic carbocycles. The molecule has 20 heavy (non-hydrogen) atoms. The van der Waals surface area contributed by atoms with E-state index >= 15 is 0 Å². The normalized spacial score (nSPS) is 11.4. The summed E-state index contributed by atoms with van der Waals surface area (Å²) in [6, 6.07) is 7.45. The Hall–Kier alpha value is -0.720. The van der Waals surface area contributed by atoms with Crippen LogP contribution in [0.2, 0.25) is 0 Å². The van der Waals surface area contributed by atoms with Crippen molar-refractivity contribution < 1.29 is 24.0 Å². The van der Waals surface area contributed by atoms with Gasteiger partial charge < -0.3 is 9.79 Å². The summed E-state index contributed by atoms with van der Waals surface area (Å²) in [4.78, 5) is 34.3. The monoisotopic (exact) mass is 365 g/mol. The highest BCUT2D eigenvalue weighted by atomic mass is 79.9. The van der Waals surface area contributed by atoms with E-state index in [4.69, 9.17) is 14.6 Å². The molecule has 2 N–H and O–H groups in total. The number of hydroxylamine groups is 2. The molecule has 8 heteroatoms. The van der Waals surface area contributed by atoms with Gasteiger partial charge in [0.15, 0.2) is 0 Å². The van der Waals surface area contributed by atoms with Crippen molar-refractivity contribution in [1.29, 1.82) is 0 Å². The van der Waals surface area contributed by atoms with Gasteiger partial charge in [0.2, 0.25) is 5.91 Å². The van der Waals surface area contributed by atoms with E-state index in [2.05, 4.69) is 15.9 Å². The Balaban J connectivity index is 2.45. The van der Waals surface area contributed by atoms with Crippen LogP contribution in [0.15, 0.2) is 28.7 Å². The van der Waals surface area contributed by atoms with Crippen molar-refractivity contribution in [2.75, 3.05) is 12.7 Å². The molecular formula is C12H17BrNO5P. The maximum atomic E-state index is 11.4. The zero-order valence-corrected chi connectivity index (χ0v) is 13.5. The lowest BCUT2D eigenvalue weighted by molar-refractivity contribution is -0.189. The number of amides is 1. The van der Waals surface area contributed by atoms with Gasteiger partial charge in [-0.3, -0.25) is 14.2 Å². The summed E-state index contributed by atoms with van der Waals surface area (Å²) in [6.07, 6.45) is -0.0807. The molecule has 0 aliphatic heterocycles. The molecule has 0 heterocycles. The minimum absolute atomic E-state index is 0.150. The quantitative estimate of drug-likeness (QED) is 0.571. The van der Waals surface area contributed by atoms with Gasteiger partial charge in [-0.15, -0.1) is 0 Å². The third kappa shape index (κ3) is 7.17. The van der Waals surface area contributed by atoms with Gasteiger partial charge in [0.25, 0.3) is 0 Å². The van der Waals surface area contributed by atoms with Crippen LogP contribution in [0, 0.1) is 0 Å². The second-order valence-electron chi connectivity index (χ2n) is 4.26. The Morgan fingerprint density at radius 2 is 1.95 bits per heavy atom. The van der Waals surface area contributed by atoms with Gasteiger partial charge in [0.1, 0.15) is 6.61 Å². The fraction of sp³-hybridized carbons (Fsp3) is 0.417. The van der Waals surface area contributed by atoms with Gasteiger partial charge in [-0.2, -0.15) is 0 Å². The molecule has 0 aliphatic carbocycles. The van der Waals surface area contributed by atoms with Gasteiger partial charge in [0, 0.05) is 17.9 Å². The molecule has 0 saturated carbocycles. The molecule has 6 nitrogen and oxygen atoms in total. The maximum Gasteiger partial charge on any atom is 0.325 e. The smallest absolute Gasteiger partial charge is 0.324 e. The molecule has 0 aromatic heterocycles. The summed E-state index contributed by atoms with van der Waals surface area (Å²) in [6.45, 7) is 1.72. The topological polar surface area (TPSA) is 87.1 Å². The van der Waals surface area contributed by atoms with Crippen molar-refractivity contribution in [3.63, 3.8) is 0 Å². The minimum atomic E-state index is -4.03. The van der Waals surface area contributed by atoms with Crippen molar-refractivity contribution in [3.8, 4) is 0 Å². The van der Waals surface area contributed by atoms with Crippen LogP contribution < -0.4 is 0 Å². The zero-order chi connectivity index (χ0) is 15.2. The predicted octanol–water partition coefficient (Wildman–Crippen LogP) is 2.30. The fourth-order valence-electron chi connectivity index (χ4n) is 1.47. The predicted molar refractivity (Wildman–Crippen MR) is 77.8 cm³/mol. The summed E-state index contributed by atoms with van der Waals surface area (Å²) in [5.74, 6) is -0.298. The average molecular weight is 366 g/mol. The molecule has 0 fully saturated rings. The second kappa shape index (κ2) is 7.90. The lowest BCUT2D eigenvalue weighted by Gasteiger charge is -2.20. The Labute approximate surface area is 126 Å². The van der Waals surface area contributed by atoms with Crippen molar-refractivity contribution >= 4 is 29.4 Å². The van der Waals surface area contributed by atoms with Gasteiger partial charge in [0.05, 0.1) is 6.16 Å². The van der Waals surface area contributed by atoms with E-state index in [1.54, 1.807) is 0 Å². The highest BCUT2D eigenvalue weighted by molar-refractivity contribution is 9.10. The molecule has 112 valence electrons. The van der Waals surface area contributed by atoms with Gasteiger partial charge in [-0.05, 0) is 24.1 Å². The van der Waals surface area contributed by atoms with E-state index in [1.807, 2.05) is 24.3 Å². The number of nitrogens with zero attached hydrogens (tertiary/aromatic N) is 1. The van der Waals surface area contributed by atoms with Crippen LogP contribution in [0.1, 0.15) is 18.9 Å². The van der Waals surface area contributed by atoms with Crippen LogP contribution in [0.4, 0.5) is 0 Å². The SMILES string of the molecule is CC(=O)N(CCCP(=O)(O)O)OCc1ccc(Br)cc1. The number of carbonyl (C=O) groups is 1. The number of hydrogen-bond donors (Lipinski definition) is 2. The van der Waals surface area contributed by atoms with E-state index in [9.17, 15) is 9.36 Å². The Morgan fingerprint density at radius 1 is 1.35 bits per heavy atom. The van der Waals surface area contributed by atoms with E-state index in [0.29, 0.717) is 0 Å². The largest absolute Gasteiger partial charge is 0.325 e. The Bertz CT molecular complexity index is 487. The van der Waals surface area contributed by atoms with E-state index in [1.165, 1.54) is 6.92 Å². The van der Waals surface area contributed by atoms with Gasteiger partial charge >= 0.3 is 7.60 Å². The first-order valence-corrected chi connectivity index (χ1v) is 8.57. The zero-order valence-electron chi connectivity index (χ0n) is 11.0. The molecule has 0 aliphatic rings. The molecule has 0 spiro atoms. The molecule has 0 radical (unpaired) electrons. The Morgan fingerprint density at radius 3 is 2.45 bits per heavy atom. The molecule has 1 rings (SSSR count). The maximum absolute atomic E-state index is 11.4. The molecule has 1 aromatic rings. The number of benzene rings is 1. The van der Waals surface area contributed by atoms with E-state index < -0.39 is 7.60 Å². The first-order chi connectivity index (χ1) is 9.28. The molecule has 0 atom stereocenters. The molecule has 0 bridgehead atoms. The van der Waals surface area contributed by atoms with Crippen LogP contribution >= 0.6 is 23.5 Å². The average Bonchev–Trinajstić information content (AvgIpc) is 2.33. The molecule has 1 amide bonds. The highest BCUT2D eigenvalue weighted by Crippen LogP contribution is 2.34. The van der Waals surface area contributed by atoms with Crippen molar-refractivity contribution in [3.05, 3.63) is 34.3 Å². The van der Waals surface area contributed by atoms with Crippen LogP contribution in [-0.2, 0) is 20.8 Å². The number of rotatable bonds is 7. The molecule has 0 unspecified atom stereocenters. The third-order valence-electron chi connectivity index (χ3n) is 2.46. The minimum Gasteiger partial charge on any atom is -0.324 e. The summed E-state index contributed by atoms with van der Waals surface area (Å²) in [7, 11) is -4.03. The highest BCUT2D eigenvalue weighted by Gasteiger charge is 2.15. The van der Waals surface area contributed by atoms with Crippen LogP contribution in [0.25, 0.3) is 0 Å². The number of carbonyl (C=O) groups excluding carboxylic acids is 1. The summed E-state index contributed by atoms with van der Waals surface area (Å²) in [5, 5.41) is 1.12. The summed E-state index contributed by atoms with van der Waals surface area (Å²) >= 11 is 3.32. The molecule has 0 saturated heterocycles. The lowest BCUT2D eigenvalue weighted by atomic mass is 10.2. The van der Waals surface area contributed by atoms with Crippen molar-refractivity contribution in [2.45, 2.75) is 20.0 Å². The van der Waals surface area contributed by atoms with Gasteiger partial charge in [-0.25, -0.2) is 5.06 Å².